The molecule has 9 heteroatoms. The topological polar surface area (TPSA) is 102 Å². The predicted octanol–water partition coefficient (Wildman–Crippen LogP) is 4.38. The summed E-state index contributed by atoms with van der Waals surface area (Å²) in [5.41, 5.74) is 0.446. The van der Waals surface area contributed by atoms with Crippen LogP contribution >= 0.6 is 0 Å². The lowest BCUT2D eigenvalue weighted by molar-refractivity contribution is -0.385. The number of morpholine rings is 1. The van der Waals surface area contributed by atoms with Gasteiger partial charge in [-0.05, 0) is 30.3 Å². The molecule has 1 heterocycles. The van der Waals surface area contributed by atoms with Crippen LogP contribution in [-0.4, -0.2) is 61.2 Å². The number of nitro benzene ring substituents is 1. The van der Waals surface area contributed by atoms with E-state index in [0.29, 0.717) is 12.2 Å². The molecule has 1 aliphatic rings. The number of nitrogens with zero attached hydrogens (tertiary/aromatic N) is 2. The summed E-state index contributed by atoms with van der Waals surface area (Å²) in [6.45, 7) is 11.3. The molecule has 1 fully saturated rings. The summed E-state index contributed by atoms with van der Waals surface area (Å²) in [4.78, 5) is 23.8. The minimum atomic E-state index is -2.00. The third-order valence-electron chi connectivity index (χ3n) is 5.63. The molecule has 0 radical (unpaired) electrons. The summed E-state index contributed by atoms with van der Waals surface area (Å²) < 4.78 is 12.0. The predicted molar refractivity (Wildman–Crippen MR) is 114 cm³/mol. The zero-order chi connectivity index (χ0) is 21.8. The number of nitro groups is 1. The van der Waals surface area contributed by atoms with E-state index in [2.05, 4.69) is 33.9 Å². The van der Waals surface area contributed by atoms with Gasteiger partial charge in [0.2, 0.25) is 0 Å². The first kappa shape index (κ1) is 23.0. The van der Waals surface area contributed by atoms with Crippen LogP contribution in [0.2, 0.25) is 18.1 Å². The van der Waals surface area contributed by atoms with Crippen LogP contribution in [0.4, 0.5) is 10.5 Å². The molecule has 0 saturated carbocycles. The maximum atomic E-state index is 11.8. The van der Waals surface area contributed by atoms with Gasteiger partial charge in [0, 0.05) is 6.07 Å². The Morgan fingerprint density at radius 2 is 2.07 bits per heavy atom. The summed E-state index contributed by atoms with van der Waals surface area (Å²) in [7, 11) is -2.00. The molecule has 8 nitrogen and oxygen atoms in total. The second kappa shape index (κ2) is 9.06. The molecular weight excluding hydrogens is 392 g/mol. The van der Waals surface area contributed by atoms with Crippen LogP contribution in [0.3, 0.4) is 0 Å². The molecule has 29 heavy (non-hydrogen) atoms. The van der Waals surface area contributed by atoms with Crippen LogP contribution < -0.4 is 0 Å². The number of carboxylic acid groups (broad SMARTS) is 1. The first-order valence-electron chi connectivity index (χ1n) is 9.59. The summed E-state index contributed by atoms with van der Waals surface area (Å²) in [6, 6.07) is 6.01. The molecule has 1 N–H and O–H groups in total. The summed E-state index contributed by atoms with van der Waals surface area (Å²) in [5, 5.41) is 20.8. The molecule has 2 atom stereocenters. The Morgan fingerprint density at radius 1 is 1.41 bits per heavy atom. The molecule has 0 unspecified atom stereocenters. The molecular formula is C20H30N2O6Si. The van der Waals surface area contributed by atoms with E-state index < -0.39 is 25.4 Å². The quantitative estimate of drug-likeness (QED) is 0.415. The van der Waals surface area contributed by atoms with Gasteiger partial charge in [-0.3, -0.25) is 15.0 Å². The largest absolute Gasteiger partial charge is 0.465 e. The maximum Gasteiger partial charge on any atom is 0.407 e. The van der Waals surface area contributed by atoms with E-state index in [-0.39, 0.29) is 29.9 Å². The van der Waals surface area contributed by atoms with Crippen molar-refractivity contribution in [3.8, 4) is 0 Å². The fourth-order valence-corrected chi connectivity index (χ4v) is 3.78. The number of carbonyl (C=O) groups is 1. The summed E-state index contributed by atoms with van der Waals surface area (Å²) >= 11 is 0. The number of rotatable bonds is 6. The normalized spacial score (nSPS) is 20.8. The fourth-order valence-electron chi connectivity index (χ4n) is 2.74. The van der Waals surface area contributed by atoms with Crippen LogP contribution in [0.15, 0.2) is 30.3 Å². The minimum absolute atomic E-state index is 0.00435. The van der Waals surface area contributed by atoms with Crippen LogP contribution in [0.25, 0.3) is 6.08 Å². The van der Waals surface area contributed by atoms with E-state index in [0.717, 1.165) is 0 Å². The molecule has 0 bridgehead atoms. The number of para-hydroxylation sites is 1. The van der Waals surface area contributed by atoms with Crippen LogP contribution in [0.5, 0.6) is 0 Å². The lowest BCUT2D eigenvalue weighted by atomic mass is 10.1. The van der Waals surface area contributed by atoms with Crippen molar-refractivity contribution in [1.29, 1.82) is 0 Å². The van der Waals surface area contributed by atoms with Crippen molar-refractivity contribution < 1.29 is 24.0 Å². The highest BCUT2D eigenvalue weighted by atomic mass is 28.4. The highest BCUT2D eigenvalue weighted by Gasteiger charge is 2.39. The van der Waals surface area contributed by atoms with E-state index in [1.54, 1.807) is 30.4 Å². The fraction of sp³-hybridized carbons (Fsp3) is 0.550. The van der Waals surface area contributed by atoms with Gasteiger partial charge in [-0.1, -0.05) is 39.0 Å². The first-order chi connectivity index (χ1) is 13.4. The highest BCUT2D eigenvalue weighted by molar-refractivity contribution is 6.74. The lowest BCUT2D eigenvalue weighted by Gasteiger charge is -2.41. The van der Waals surface area contributed by atoms with Crippen molar-refractivity contribution in [2.75, 3.05) is 19.8 Å². The monoisotopic (exact) mass is 422 g/mol. The zero-order valence-electron chi connectivity index (χ0n) is 17.6. The Morgan fingerprint density at radius 3 is 2.66 bits per heavy atom. The third kappa shape index (κ3) is 5.88. The van der Waals surface area contributed by atoms with Crippen molar-refractivity contribution in [2.45, 2.75) is 51.0 Å². The zero-order valence-corrected chi connectivity index (χ0v) is 18.6. The van der Waals surface area contributed by atoms with Gasteiger partial charge in [-0.25, -0.2) is 4.79 Å². The van der Waals surface area contributed by atoms with E-state index in [1.165, 1.54) is 11.0 Å². The smallest absolute Gasteiger partial charge is 0.407 e. The molecule has 160 valence electrons. The number of amides is 1. The van der Waals surface area contributed by atoms with Gasteiger partial charge < -0.3 is 14.3 Å². The molecule has 1 aromatic rings. The standard InChI is InChI=1S/C20H30N2O6Si/c1-20(2,3)29(4,5)28-14-16-13-27-17(12-21(16)19(23)24)11-10-15-8-6-7-9-18(15)22(25)26/h6-11,16-17H,12-14H2,1-5H3,(H,23,24)/b11-10-/t16-,17+/m0/s1. The number of benzene rings is 1. The van der Waals surface area contributed by atoms with Crippen LogP contribution in [0.1, 0.15) is 26.3 Å². The molecule has 1 aliphatic heterocycles. The molecule has 0 aliphatic carbocycles. The Kier molecular flexibility index (Phi) is 7.20. The molecule has 1 aromatic carbocycles. The average Bonchev–Trinajstić information content (AvgIpc) is 2.64. The first-order valence-corrected chi connectivity index (χ1v) is 12.5. The van der Waals surface area contributed by atoms with Gasteiger partial charge >= 0.3 is 6.09 Å². The van der Waals surface area contributed by atoms with Crippen molar-refractivity contribution in [3.05, 3.63) is 46.0 Å². The van der Waals surface area contributed by atoms with Gasteiger partial charge in [0.25, 0.3) is 5.69 Å². The van der Waals surface area contributed by atoms with Crippen LogP contribution in [0, 0.1) is 10.1 Å². The lowest BCUT2D eigenvalue weighted by Crippen LogP contribution is -2.55. The summed E-state index contributed by atoms with van der Waals surface area (Å²) in [5.74, 6) is 0. The Bertz CT molecular complexity index is 774. The van der Waals surface area contributed by atoms with Crippen molar-refractivity contribution >= 4 is 26.2 Å². The number of ether oxygens (including phenoxy) is 1. The number of hydrogen-bond donors (Lipinski definition) is 1. The Hall–Kier alpha value is -2.23. The number of hydrogen-bond acceptors (Lipinski definition) is 5. The van der Waals surface area contributed by atoms with Crippen molar-refractivity contribution in [2.24, 2.45) is 0 Å². The summed E-state index contributed by atoms with van der Waals surface area (Å²) in [6.07, 6.45) is 1.77. The van der Waals surface area contributed by atoms with Gasteiger partial charge in [0.05, 0.1) is 42.4 Å². The second-order valence-electron chi connectivity index (χ2n) is 8.71. The Labute approximate surface area is 172 Å². The molecule has 2 rings (SSSR count). The average molecular weight is 423 g/mol. The molecule has 1 amide bonds. The van der Waals surface area contributed by atoms with E-state index in [1.807, 2.05) is 0 Å². The van der Waals surface area contributed by atoms with Crippen molar-refractivity contribution in [3.63, 3.8) is 0 Å². The maximum absolute atomic E-state index is 11.8. The highest BCUT2D eigenvalue weighted by Crippen LogP contribution is 2.36. The molecule has 1 saturated heterocycles. The van der Waals surface area contributed by atoms with E-state index in [9.17, 15) is 20.0 Å². The Balaban J connectivity index is 2.05. The van der Waals surface area contributed by atoms with Gasteiger partial charge in [-0.15, -0.1) is 0 Å². The van der Waals surface area contributed by atoms with Gasteiger partial charge in [-0.2, -0.15) is 0 Å². The minimum Gasteiger partial charge on any atom is -0.465 e. The van der Waals surface area contributed by atoms with E-state index in [4.69, 9.17) is 9.16 Å². The second-order valence-corrected chi connectivity index (χ2v) is 13.5. The third-order valence-corrected chi connectivity index (χ3v) is 10.1. The van der Waals surface area contributed by atoms with Gasteiger partial charge in [0.1, 0.15) is 0 Å². The van der Waals surface area contributed by atoms with Gasteiger partial charge in [0.15, 0.2) is 8.32 Å². The van der Waals surface area contributed by atoms with E-state index >= 15 is 0 Å². The van der Waals surface area contributed by atoms with Crippen LogP contribution in [-0.2, 0) is 9.16 Å². The SMILES string of the molecule is CC(C)(C)[Si](C)(C)OC[C@@H]1CO[C@H](/C=C\c2ccccc2[N+](=O)[O-])CN1C(=O)O. The molecule has 0 aromatic heterocycles. The molecule has 0 spiro atoms. The van der Waals surface area contributed by atoms with Crippen molar-refractivity contribution in [1.82, 2.24) is 4.90 Å².